The minimum Gasteiger partial charge on any atom is -0.460 e. The summed E-state index contributed by atoms with van der Waals surface area (Å²) in [6, 6.07) is -0.765. The van der Waals surface area contributed by atoms with Crippen molar-refractivity contribution in [3.8, 4) is 0 Å². The SMILES string of the molecule is CC(=O)N[C@@H](C(=O)O[C@H]1CCC(C)(C)[C@@H]2CC=C3C(=O)OC[C@]3(O)[C@@]12C)C(C)C. The Morgan fingerprint density at radius 2 is 1.97 bits per heavy atom. The van der Waals surface area contributed by atoms with Crippen LogP contribution in [0.3, 0.4) is 0 Å². The van der Waals surface area contributed by atoms with Crippen LogP contribution in [0, 0.1) is 22.7 Å². The number of rotatable bonds is 4. The fraction of sp³-hybridized carbons (Fsp3) is 0.773. The van der Waals surface area contributed by atoms with Gasteiger partial charge in [0.05, 0.1) is 5.57 Å². The molecule has 1 saturated carbocycles. The summed E-state index contributed by atoms with van der Waals surface area (Å²) in [4.78, 5) is 36.8. The van der Waals surface area contributed by atoms with Crippen molar-refractivity contribution in [3.63, 3.8) is 0 Å². The Bertz CT molecular complexity index is 756. The number of nitrogens with one attached hydrogen (secondary N) is 1. The predicted molar refractivity (Wildman–Crippen MR) is 106 cm³/mol. The molecule has 1 heterocycles. The van der Waals surface area contributed by atoms with Crippen molar-refractivity contribution in [1.29, 1.82) is 0 Å². The number of ether oxygens (including phenoxy) is 2. The number of cyclic esters (lactones) is 1. The molecule has 0 aromatic heterocycles. The lowest BCUT2D eigenvalue weighted by atomic mass is 9.46. The maximum absolute atomic E-state index is 13.0. The van der Waals surface area contributed by atoms with Crippen molar-refractivity contribution in [2.45, 2.75) is 78.6 Å². The monoisotopic (exact) mass is 407 g/mol. The van der Waals surface area contributed by atoms with Crippen LogP contribution in [0.5, 0.6) is 0 Å². The highest BCUT2D eigenvalue weighted by molar-refractivity contribution is 5.94. The summed E-state index contributed by atoms with van der Waals surface area (Å²) in [6.07, 6.45) is 3.21. The average molecular weight is 408 g/mol. The molecule has 1 saturated heterocycles. The molecule has 0 unspecified atom stereocenters. The van der Waals surface area contributed by atoms with Gasteiger partial charge in [-0.25, -0.2) is 9.59 Å². The maximum Gasteiger partial charge on any atom is 0.336 e. The highest BCUT2D eigenvalue weighted by Crippen LogP contribution is 2.63. The molecule has 2 aliphatic carbocycles. The summed E-state index contributed by atoms with van der Waals surface area (Å²) in [5.74, 6) is -1.45. The third-order valence-electron chi connectivity index (χ3n) is 7.45. The van der Waals surface area contributed by atoms with Crippen molar-refractivity contribution < 1.29 is 29.0 Å². The lowest BCUT2D eigenvalue weighted by Crippen LogP contribution is -2.66. The quantitative estimate of drug-likeness (QED) is 0.692. The van der Waals surface area contributed by atoms with Gasteiger partial charge < -0.3 is 19.9 Å². The first-order valence-corrected chi connectivity index (χ1v) is 10.4. The first kappa shape index (κ1) is 21.8. The zero-order valence-electron chi connectivity index (χ0n) is 18.2. The predicted octanol–water partition coefficient (Wildman–Crippen LogP) is 2.12. The molecule has 0 bridgehead atoms. The first-order chi connectivity index (χ1) is 13.3. The minimum atomic E-state index is -1.50. The van der Waals surface area contributed by atoms with Gasteiger partial charge in [0.2, 0.25) is 5.91 Å². The number of allylic oxidation sites excluding steroid dienone is 1. The van der Waals surface area contributed by atoms with Crippen LogP contribution in [0.1, 0.15) is 60.8 Å². The molecule has 0 aromatic rings. The summed E-state index contributed by atoms with van der Waals surface area (Å²) >= 11 is 0. The Morgan fingerprint density at radius 1 is 1.31 bits per heavy atom. The van der Waals surface area contributed by atoms with Crippen LogP contribution in [0.15, 0.2) is 11.6 Å². The zero-order valence-corrected chi connectivity index (χ0v) is 18.2. The highest BCUT2D eigenvalue weighted by atomic mass is 16.6. The second-order valence-electron chi connectivity index (χ2n) is 10.0. The molecule has 0 spiro atoms. The summed E-state index contributed by atoms with van der Waals surface area (Å²) in [6.45, 7) is 11.1. The molecule has 7 nitrogen and oxygen atoms in total. The van der Waals surface area contributed by atoms with Crippen LogP contribution in [-0.2, 0) is 23.9 Å². The summed E-state index contributed by atoms with van der Waals surface area (Å²) < 4.78 is 11.2. The Kier molecular flexibility index (Phi) is 5.35. The highest BCUT2D eigenvalue weighted by Gasteiger charge is 2.69. The Balaban J connectivity index is 1.97. The largest absolute Gasteiger partial charge is 0.460 e. The Morgan fingerprint density at radius 3 is 2.55 bits per heavy atom. The van der Waals surface area contributed by atoms with E-state index in [0.717, 1.165) is 6.42 Å². The van der Waals surface area contributed by atoms with Gasteiger partial charge in [0.25, 0.3) is 0 Å². The van der Waals surface area contributed by atoms with E-state index in [4.69, 9.17) is 9.47 Å². The van der Waals surface area contributed by atoms with Crippen LogP contribution < -0.4 is 5.32 Å². The number of esters is 2. The number of carbonyl (C=O) groups is 3. The topological polar surface area (TPSA) is 102 Å². The molecule has 2 N–H and O–H groups in total. The van der Waals surface area contributed by atoms with Crippen LogP contribution in [0.2, 0.25) is 0 Å². The van der Waals surface area contributed by atoms with Crippen molar-refractivity contribution in [2.75, 3.05) is 6.61 Å². The number of hydrogen-bond acceptors (Lipinski definition) is 6. The minimum absolute atomic E-state index is 0.00284. The Hall–Kier alpha value is -1.89. The number of aliphatic hydroxyl groups is 1. The number of amides is 1. The molecule has 1 amide bonds. The number of fused-ring (bicyclic) bond motifs is 3. The van der Waals surface area contributed by atoms with E-state index in [1.807, 2.05) is 20.8 Å². The van der Waals surface area contributed by atoms with Gasteiger partial charge in [0.1, 0.15) is 24.4 Å². The first-order valence-electron chi connectivity index (χ1n) is 10.4. The second-order valence-corrected chi connectivity index (χ2v) is 10.0. The molecule has 0 radical (unpaired) electrons. The summed E-state index contributed by atoms with van der Waals surface area (Å²) in [7, 11) is 0. The summed E-state index contributed by atoms with van der Waals surface area (Å²) in [5, 5.41) is 14.3. The van der Waals surface area contributed by atoms with Gasteiger partial charge in [-0.1, -0.05) is 40.7 Å². The van der Waals surface area contributed by atoms with E-state index in [-0.39, 0.29) is 35.3 Å². The van der Waals surface area contributed by atoms with Gasteiger partial charge in [0.15, 0.2) is 0 Å². The Labute approximate surface area is 172 Å². The van der Waals surface area contributed by atoms with Gasteiger partial charge >= 0.3 is 11.9 Å². The molecule has 5 atom stereocenters. The summed E-state index contributed by atoms with van der Waals surface area (Å²) in [5.41, 5.74) is -2.21. The third kappa shape index (κ3) is 3.27. The smallest absolute Gasteiger partial charge is 0.336 e. The van der Waals surface area contributed by atoms with E-state index in [1.165, 1.54) is 6.92 Å². The normalized spacial score (nSPS) is 36.4. The van der Waals surface area contributed by atoms with E-state index in [1.54, 1.807) is 6.08 Å². The van der Waals surface area contributed by atoms with Gasteiger partial charge in [0, 0.05) is 12.3 Å². The molecule has 162 valence electrons. The van der Waals surface area contributed by atoms with E-state index < -0.39 is 35.1 Å². The van der Waals surface area contributed by atoms with Crippen LogP contribution in [0.25, 0.3) is 0 Å². The molecular formula is C22H33NO6. The average Bonchev–Trinajstić information content (AvgIpc) is 2.91. The van der Waals surface area contributed by atoms with Gasteiger partial charge in [-0.15, -0.1) is 0 Å². The van der Waals surface area contributed by atoms with E-state index in [9.17, 15) is 19.5 Å². The fourth-order valence-electron chi connectivity index (χ4n) is 5.67. The van der Waals surface area contributed by atoms with E-state index in [2.05, 4.69) is 19.2 Å². The second kappa shape index (κ2) is 7.11. The van der Waals surface area contributed by atoms with Crippen molar-refractivity contribution >= 4 is 17.8 Å². The lowest BCUT2D eigenvalue weighted by molar-refractivity contribution is -0.217. The number of carbonyl (C=O) groups excluding carboxylic acids is 3. The molecular weight excluding hydrogens is 374 g/mol. The fourth-order valence-corrected chi connectivity index (χ4v) is 5.67. The molecule has 7 heteroatoms. The third-order valence-corrected chi connectivity index (χ3v) is 7.45. The number of hydrogen-bond donors (Lipinski definition) is 2. The molecule has 29 heavy (non-hydrogen) atoms. The molecule has 3 rings (SSSR count). The zero-order chi connectivity index (χ0) is 21.8. The van der Waals surface area contributed by atoms with Crippen molar-refractivity contribution in [1.82, 2.24) is 5.32 Å². The van der Waals surface area contributed by atoms with Gasteiger partial charge in [-0.3, -0.25) is 4.79 Å². The van der Waals surface area contributed by atoms with Crippen LogP contribution in [0.4, 0.5) is 0 Å². The van der Waals surface area contributed by atoms with Gasteiger partial charge in [-0.05, 0) is 36.5 Å². The lowest BCUT2D eigenvalue weighted by Gasteiger charge is -2.60. The molecule has 0 aromatic carbocycles. The maximum atomic E-state index is 13.0. The molecule has 1 aliphatic heterocycles. The molecule has 3 aliphatic rings. The standard InChI is InChI=1S/C22H33NO6/c1-12(2)17(23-13(3)24)19(26)29-16-9-10-20(4,5)15-8-7-14-18(25)28-11-22(14,27)21(15,16)6/h7,12,15-17,27H,8-11H2,1-6H3,(H,23,24)/t15-,16-,17+,21+,22+/m0/s1. The van der Waals surface area contributed by atoms with E-state index >= 15 is 0 Å². The van der Waals surface area contributed by atoms with Crippen molar-refractivity contribution in [3.05, 3.63) is 11.6 Å². The van der Waals surface area contributed by atoms with Crippen LogP contribution >= 0.6 is 0 Å². The molecule has 2 fully saturated rings. The van der Waals surface area contributed by atoms with Gasteiger partial charge in [-0.2, -0.15) is 0 Å². The van der Waals surface area contributed by atoms with E-state index in [0.29, 0.717) is 12.8 Å². The van der Waals surface area contributed by atoms with Crippen molar-refractivity contribution in [2.24, 2.45) is 22.7 Å². The van der Waals surface area contributed by atoms with Crippen LogP contribution in [-0.4, -0.2) is 47.3 Å².